The Morgan fingerprint density at radius 1 is 1.13 bits per heavy atom. The maximum Gasteiger partial charge on any atom is 0.271 e. The van der Waals surface area contributed by atoms with Gasteiger partial charge in [0.15, 0.2) is 0 Å². The topological polar surface area (TPSA) is 85.1 Å². The molecule has 1 aromatic carbocycles. The van der Waals surface area contributed by atoms with Gasteiger partial charge in [0.05, 0.1) is 0 Å². The number of hydrogen-bond acceptors (Lipinski definition) is 5. The lowest BCUT2D eigenvalue weighted by Gasteiger charge is -2.14. The van der Waals surface area contributed by atoms with E-state index in [1.807, 2.05) is 22.9 Å². The Morgan fingerprint density at radius 3 is 2.57 bits per heavy atom. The van der Waals surface area contributed by atoms with E-state index in [0.717, 1.165) is 10.6 Å². The average molecular weight is 343 g/mol. The van der Waals surface area contributed by atoms with Crippen LogP contribution in [0.15, 0.2) is 52.5 Å². The number of hydrogen-bond donors (Lipinski definition) is 2. The van der Waals surface area contributed by atoms with Gasteiger partial charge in [-0.2, -0.15) is 11.3 Å². The summed E-state index contributed by atoms with van der Waals surface area (Å²) in [6.45, 7) is 0. The van der Waals surface area contributed by atoms with Crippen LogP contribution in [0.4, 0.5) is 0 Å². The number of nitrogens with two attached hydrogens (primary N) is 1. The molecule has 3 N–H and O–H groups in total. The fourth-order valence-electron chi connectivity index (χ4n) is 2.07. The van der Waals surface area contributed by atoms with E-state index in [1.165, 1.54) is 11.3 Å². The molecule has 0 spiro atoms. The van der Waals surface area contributed by atoms with Gasteiger partial charge < -0.3 is 11.1 Å². The van der Waals surface area contributed by atoms with Gasteiger partial charge >= 0.3 is 0 Å². The molecule has 5 nitrogen and oxygen atoms in total. The molecule has 7 heteroatoms. The highest BCUT2D eigenvalue weighted by Crippen LogP contribution is 2.26. The van der Waals surface area contributed by atoms with E-state index in [2.05, 4.69) is 10.3 Å². The van der Waals surface area contributed by atoms with Gasteiger partial charge in [0.2, 0.25) is 5.91 Å². The first-order valence-electron chi connectivity index (χ1n) is 6.78. The molecule has 3 aromatic rings. The molecular formula is C16H13N3O2S2. The van der Waals surface area contributed by atoms with Crippen molar-refractivity contribution in [2.24, 2.45) is 5.73 Å². The Bertz CT molecular complexity index is 813. The van der Waals surface area contributed by atoms with E-state index in [1.54, 1.807) is 41.0 Å². The molecular weight excluding hydrogens is 330 g/mol. The maximum absolute atomic E-state index is 12.3. The third kappa shape index (κ3) is 3.46. The Kier molecular flexibility index (Phi) is 4.50. The summed E-state index contributed by atoms with van der Waals surface area (Å²) in [5.74, 6) is -1.03. The first-order valence-corrected chi connectivity index (χ1v) is 8.60. The molecule has 0 aliphatic heterocycles. The summed E-state index contributed by atoms with van der Waals surface area (Å²) >= 11 is 2.95. The van der Waals surface area contributed by atoms with E-state index in [-0.39, 0.29) is 5.69 Å². The zero-order chi connectivity index (χ0) is 16.2. The van der Waals surface area contributed by atoms with Gasteiger partial charge in [0.25, 0.3) is 5.91 Å². The van der Waals surface area contributed by atoms with Crippen LogP contribution in [0.3, 0.4) is 0 Å². The number of thiophene rings is 1. The summed E-state index contributed by atoms with van der Waals surface area (Å²) in [5, 5.41) is 9.01. The number of carbonyl (C=O) groups is 2. The smallest absolute Gasteiger partial charge is 0.271 e. The second-order valence-electron chi connectivity index (χ2n) is 4.77. The number of rotatable bonds is 5. The predicted octanol–water partition coefficient (Wildman–Crippen LogP) is 2.83. The largest absolute Gasteiger partial charge is 0.368 e. The summed E-state index contributed by atoms with van der Waals surface area (Å²) in [5.41, 5.74) is 7.30. The number of amides is 2. The zero-order valence-corrected chi connectivity index (χ0v) is 13.6. The summed E-state index contributed by atoms with van der Waals surface area (Å²) in [6.07, 6.45) is 0. The summed E-state index contributed by atoms with van der Waals surface area (Å²) in [6, 6.07) is 9.96. The molecule has 0 fully saturated rings. The Labute approximate surface area is 140 Å². The third-order valence-electron chi connectivity index (χ3n) is 3.20. The third-order valence-corrected chi connectivity index (χ3v) is 4.77. The molecule has 0 bridgehead atoms. The minimum atomic E-state index is -0.880. The lowest BCUT2D eigenvalue weighted by atomic mass is 10.1. The second kappa shape index (κ2) is 6.72. The Morgan fingerprint density at radius 2 is 1.91 bits per heavy atom. The summed E-state index contributed by atoms with van der Waals surface area (Å²) in [7, 11) is 0. The predicted molar refractivity (Wildman–Crippen MR) is 91.3 cm³/mol. The number of benzene rings is 1. The number of carbonyl (C=O) groups excluding carboxylic acids is 2. The monoisotopic (exact) mass is 343 g/mol. The highest BCUT2D eigenvalue weighted by molar-refractivity contribution is 7.14. The molecule has 0 saturated heterocycles. The van der Waals surface area contributed by atoms with Crippen LogP contribution >= 0.6 is 22.7 Å². The van der Waals surface area contributed by atoms with Gasteiger partial charge in [-0.15, -0.1) is 11.3 Å². The van der Waals surface area contributed by atoms with Gasteiger partial charge in [-0.25, -0.2) is 4.98 Å². The van der Waals surface area contributed by atoms with Crippen LogP contribution in [0, 0.1) is 0 Å². The Hall–Kier alpha value is -2.51. The minimum Gasteiger partial charge on any atom is -0.368 e. The van der Waals surface area contributed by atoms with Gasteiger partial charge in [0, 0.05) is 16.3 Å². The van der Waals surface area contributed by atoms with E-state index in [9.17, 15) is 9.59 Å². The standard InChI is InChI=1S/C16H13N3O2S2/c17-14(20)13(10-4-2-1-3-5-10)19-15(21)12-9-23-16(18-12)11-6-7-22-8-11/h1-9,13H,(H2,17,20)(H,19,21). The van der Waals surface area contributed by atoms with E-state index in [0.29, 0.717) is 5.56 Å². The number of primary amides is 1. The van der Waals surface area contributed by atoms with Crippen LogP contribution in [0.2, 0.25) is 0 Å². The molecule has 3 rings (SSSR count). The summed E-state index contributed by atoms with van der Waals surface area (Å²) in [4.78, 5) is 28.3. The van der Waals surface area contributed by atoms with E-state index < -0.39 is 17.9 Å². The molecule has 1 atom stereocenters. The van der Waals surface area contributed by atoms with Crippen molar-refractivity contribution in [2.75, 3.05) is 0 Å². The SMILES string of the molecule is NC(=O)C(NC(=O)c1csc(-c2ccsc2)n1)c1ccccc1. The molecule has 2 heterocycles. The van der Waals surface area contributed by atoms with Crippen molar-refractivity contribution in [3.05, 3.63) is 63.8 Å². The van der Waals surface area contributed by atoms with Gasteiger partial charge in [0.1, 0.15) is 16.7 Å². The molecule has 23 heavy (non-hydrogen) atoms. The van der Waals surface area contributed by atoms with Crippen molar-refractivity contribution >= 4 is 34.5 Å². The number of thiazole rings is 1. The Balaban J connectivity index is 1.79. The van der Waals surface area contributed by atoms with Crippen molar-refractivity contribution in [3.8, 4) is 10.6 Å². The fourth-order valence-corrected chi connectivity index (χ4v) is 3.58. The van der Waals surface area contributed by atoms with Crippen LogP contribution in [-0.2, 0) is 4.79 Å². The quantitative estimate of drug-likeness (QED) is 0.747. The first kappa shape index (κ1) is 15.4. The van der Waals surface area contributed by atoms with Crippen molar-refractivity contribution < 1.29 is 9.59 Å². The zero-order valence-electron chi connectivity index (χ0n) is 11.9. The second-order valence-corrected chi connectivity index (χ2v) is 6.41. The van der Waals surface area contributed by atoms with Gasteiger partial charge in [-0.05, 0) is 17.0 Å². The minimum absolute atomic E-state index is 0.276. The fraction of sp³-hybridized carbons (Fsp3) is 0.0625. The van der Waals surface area contributed by atoms with E-state index in [4.69, 9.17) is 5.73 Å². The number of aromatic nitrogens is 1. The van der Waals surface area contributed by atoms with Crippen LogP contribution in [0.5, 0.6) is 0 Å². The molecule has 2 aromatic heterocycles. The number of nitrogens with zero attached hydrogens (tertiary/aromatic N) is 1. The van der Waals surface area contributed by atoms with Crippen LogP contribution in [0.1, 0.15) is 22.1 Å². The van der Waals surface area contributed by atoms with Crippen LogP contribution < -0.4 is 11.1 Å². The average Bonchev–Trinajstić information content (AvgIpc) is 3.23. The van der Waals surface area contributed by atoms with Crippen molar-refractivity contribution in [1.29, 1.82) is 0 Å². The van der Waals surface area contributed by atoms with Gasteiger partial charge in [-0.3, -0.25) is 9.59 Å². The lowest BCUT2D eigenvalue weighted by molar-refractivity contribution is -0.120. The maximum atomic E-state index is 12.3. The number of nitrogens with one attached hydrogen (secondary N) is 1. The molecule has 2 amide bonds. The first-order chi connectivity index (χ1) is 11.1. The molecule has 0 aliphatic rings. The summed E-state index contributed by atoms with van der Waals surface area (Å²) < 4.78 is 0. The molecule has 0 saturated carbocycles. The lowest BCUT2D eigenvalue weighted by Crippen LogP contribution is -2.37. The molecule has 116 valence electrons. The van der Waals surface area contributed by atoms with Gasteiger partial charge in [-0.1, -0.05) is 30.3 Å². The molecule has 1 unspecified atom stereocenters. The van der Waals surface area contributed by atoms with Crippen LogP contribution in [-0.4, -0.2) is 16.8 Å². The normalized spacial score (nSPS) is 11.8. The highest BCUT2D eigenvalue weighted by atomic mass is 32.1. The van der Waals surface area contributed by atoms with Crippen molar-refractivity contribution in [3.63, 3.8) is 0 Å². The molecule has 0 aliphatic carbocycles. The van der Waals surface area contributed by atoms with Crippen LogP contribution in [0.25, 0.3) is 10.6 Å². The van der Waals surface area contributed by atoms with Crippen molar-refractivity contribution in [1.82, 2.24) is 10.3 Å². The highest BCUT2D eigenvalue weighted by Gasteiger charge is 2.22. The van der Waals surface area contributed by atoms with Crippen molar-refractivity contribution in [2.45, 2.75) is 6.04 Å². The molecule has 0 radical (unpaired) electrons. The van der Waals surface area contributed by atoms with E-state index >= 15 is 0 Å².